The maximum absolute atomic E-state index is 8.11. The van der Waals surface area contributed by atoms with Gasteiger partial charge >= 0.3 is 0 Å². The molecule has 0 saturated carbocycles. The topological polar surface area (TPSA) is 140 Å². The van der Waals surface area contributed by atoms with Crippen molar-refractivity contribution in [2.75, 3.05) is 31.3 Å². The molecule has 3 aromatic heterocycles. The van der Waals surface area contributed by atoms with Crippen LogP contribution in [-0.4, -0.2) is 72.6 Å². The van der Waals surface area contributed by atoms with Gasteiger partial charge in [-0.1, -0.05) is 6.07 Å². The highest BCUT2D eigenvalue weighted by Crippen LogP contribution is 2.37. The summed E-state index contributed by atoms with van der Waals surface area (Å²) in [7, 11) is 3.25. The molecule has 0 radical (unpaired) electrons. The summed E-state index contributed by atoms with van der Waals surface area (Å²) >= 11 is 1.50. The molecule has 3 N–H and O–H groups in total. The predicted molar refractivity (Wildman–Crippen MR) is 148 cm³/mol. The number of hydrogen-bond acceptors (Lipinski definition) is 11. The minimum atomic E-state index is -0.560. The average Bonchev–Trinajstić information content (AvgIpc) is 3.35. The first-order valence-electron chi connectivity index (χ1n) is 11.9. The molecule has 4 aromatic rings. The van der Waals surface area contributed by atoms with Crippen LogP contribution in [0.25, 0.3) is 17.1 Å². The van der Waals surface area contributed by atoms with E-state index in [2.05, 4.69) is 29.9 Å². The number of pyridine rings is 1. The van der Waals surface area contributed by atoms with Gasteiger partial charge in [-0.2, -0.15) is 0 Å². The summed E-state index contributed by atoms with van der Waals surface area (Å²) in [6, 6.07) is 7.65. The monoisotopic (exact) mass is 539 g/mol. The molecule has 1 aromatic carbocycles. The number of rotatable bonds is 10. The van der Waals surface area contributed by atoms with Crippen LogP contribution in [0.4, 0.5) is 5.95 Å². The molecule has 38 heavy (non-hydrogen) atoms. The number of anilines is 1. The van der Waals surface area contributed by atoms with Crippen molar-refractivity contribution in [3.05, 3.63) is 66.0 Å². The zero-order valence-electron chi connectivity index (χ0n) is 22.1. The van der Waals surface area contributed by atoms with Crippen molar-refractivity contribution in [2.45, 2.75) is 33.3 Å². The number of benzene rings is 1. The molecule has 3 heterocycles. The van der Waals surface area contributed by atoms with Crippen molar-refractivity contribution in [1.82, 2.24) is 29.7 Å². The standard InChI is InChI=1S/C23H25N7O2S.C3H8O2/c1-15-10-17(14-24-11-15)22-27-28-23(29-33-9-8-20-25-12-16(2)13-26-20)30(22)21-18(31-3)6-5-7-19(21)32-4;1-3(5)2-4/h5-7,10-14H,8-9H2,1-4H3,(H,28,29);3-5H,2H2,1H3. The van der Waals surface area contributed by atoms with Gasteiger partial charge in [0.15, 0.2) is 5.82 Å². The van der Waals surface area contributed by atoms with E-state index in [0.717, 1.165) is 34.7 Å². The quantitative estimate of drug-likeness (QED) is 0.202. The number of ether oxygens (including phenoxy) is 2. The second kappa shape index (κ2) is 14.3. The lowest BCUT2D eigenvalue weighted by atomic mass is 10.2. The molecular weight excluding hydrogens is 506 g/mol. The molecule has 0 aliphatic rings. The molecule has 0 spiro atoms. The molecule has 12 heteroatoms. The summed E-state index contributed by atoms with van der Waals surface area (Å²) < 4.78 is 16.5. The van der Waals surface area contributed by atoms with Crippen LogP contribution in [0.2, 0.25) is 0 Å². The first-order valence-corrected chi connectivity index (χ1v) is 12.9. The highest BCUT2D eigenvalue weighted by atomic mass is 32.2. The number of aryl methyl sites for hydroxylation is 3. The normalized spacial score (nSPS) is 11.3. The molecule has 0 saturated heterocycles. The van der Waals surface area contributed by atoms with E-state index in [1.54, 1.807) is 26.6 Å². The number of aromatic nitrogens is 6. The first-order chi connectivity index (χ1) is 18.4. The fourth-order valence-corrected chi connectivity index (χ4v) is 3.93. The molecule has 0 aliphatic heterocycles. The summed E-state index contributed by atoms with van der Waals surface area (Å²) in [6.45, 7) is 5.35. The summed E-state index contributed by atoms with van der Waals surface area (Å²) in [4.78, 5) is 13.0. The van der Waals surface area contributed by atoms with Crippen LogP contribution in [0, 0.1) is 13.8 Å². The number of para-hydroxylation sites is 1. The average molecular weight is 540 g/mol. The van der Waals surface area contributed by atoms with Crippen LogP contribution in [0.1, 0.15) is 23.9 Å². The summed E-state index contributed by atoms with van der Waals surface area (Å²) in [5.74, 6) is 3.99. The molecule has 11 nitrogen and oxygen atoms in total. The summed E-state index contributed by atoms with van der Waals surface area (Å²) in [5.41, 5.74) is 3.60. The van der Waals surface area contributed by atoms with E-state index in [1.165, 1.54) is 18.9 Å². The fraction of sp³-hybridized carbons (Fsp3) is 0.346. The molecule has 1 unspecified atom stereocenters. The van der Waals surface area contributed by atoms with Gasteiger partial charge in [-0.3, -0.25) is 14.3 Å². The van der Waals surface area contributed by atoms with Gasteiger partial charge in [0.25, 0.3) is 0 Å². The van der Waals surface area contributed by atoms with Crippen LogP contribution < -0.4 is 14.2 Å². The lowest BCUT2D eigenvalue weighted by Gasteiger charge is -2.17. The Labute approximate surface area is 226 Å². The van der Waals surface area contributed by atoms with Gasteiger partial charge in [-0.05, 0) is 62.0 Å². The third-order valence-corrected chi connectivity index (χ3v) is 5.85. The van der Waals surface area contributed by atoms with E-state index in [0.29, 0.717) is 29.0 Å². The van der Waals surface area contributed by atoms with Gasteiger partial charge in [0.05, 0.1) is 26.9 Å². The van der Waals surface area contributed by atoms with Crippen molar-refractivity contribution >= 4 is 17.9 Å². The summed E-state index contributed by atoms with van der Waals surface area (Å²) in [5, 5.41) is 24.9. The maximum Gasteiger partial charge on any atom is 0.239 e. The van der Waals surface area contributed by atoms with Crippen molar-refractivity contribution in [3.63, 3.8) is 0 Å². The lowest BCUT2D eigenvalue weighted by molar-refractivity contribution is 0.110. The number of nitrogens with one attached hydrogen (secondary N) is 1. The number of nitrogens with zero attached hydrogens (tertiary/aromatic N) is 6. The molecule has 0 bridgehead atoms. The predicted octanol–water partition coefficient (Wildman–Crippen LogP) is 3.42. The van der Waals surface area contributed by atoms with Crippen LogP contribution in [0.5, 0.6) is 11.5 Å². The molecule has 0 aliphatic carbocycles. The molecule has 202 valence electrons. The number of methoxy groups -OCH3 is 2. The van der Waals surface area contributed by atoms with Gasteiger partial charge in [0.2, 0.25) is 5.95 Å². The Morgan fingerprint density at radius 1 is 1.00 bits per heavy atom. The molecule has 1 atom stereocenters. The largest absolute Gasteiger partial charge is 0.494 e. The van der Waals surface area contributed by atoms with Crippen LogP contribution in [0.15, 0.2) is 49.1 Å². The Kier molecular flexibility index (Phi) is 10.8. The number of hydrogen-bond donors (Lipinski definition) is 3. The Morgan fingerprint density at radius 3 is 2.24 bits per heavy atom. The number of aliphatic hydroxyl groups excluding tert-OH is 2. The van der Waals surface area contributed by atoms with E-state index in [9.17, 15) is 0 Å². The SMILES string of the molecule is CC(O)CO.COc1cccc(OC)c1-n1c(NSCCc2ncc(C)cn2)nnc1-c1cncc(C)c1. The van der Waals surface area contributed by atoms with E-state index in [-0.39, 0.29) is 6.61 Å². The van der Waals surface area contributed by atoms with Crippen molar-refractivity contribution < 1.29 is 19.7 Å². The minimum Gasteiger partial charge on any atom is -0.494 e. The van der Waals surface area contributed by atoms with Crippen LogP contribution in [0.3, 0.4) is 0 Å². The van der Waals surface area contributed by atoms with E-state index >= 15 is 0 Å². The Balaban J connectivity index is 0.000000732. The fourth-order valence-electron chi connectivity index (χ4n) is 3.28. The minimum absolute atomic E-state index is 0.139. The van der Waals surface area contributed by atoms with Gasteiger partial charge < -0.3 is 19.7 Å². The summed E-state index contributed by atoms with van der Waals surface area (Å²) in [6.07, 6.45) is 7.38. The molecule has 4 rings (SSSR count). The Morgan fingerprint density at radius 2 is 1.66 bits per heavy atom. The number of aliphatic hydroxyl groups is 2. The van der Waals surface area contributed by atoms with E-state index < -0.39 is 6.10 Å². The zero-order chi connectivity index (χ0) is 27.5. The van der Waals surface area contributed by atoms with Crippen molar-refractivity contribution in [1.29, 1.82) is 0 Å². The third kappa shape index (κ3) is 7.63. The van der Waals surface area contributed by atoms with Crippen LogP contribution in [-0.2, 0) is 6.42 Å². The zero-order valence-corrected chi connectivity index (χ0v) is 22.9. The van der Waals surface area contributed by atoms with Gasteiger partial charge in [0.1, 0.15) is 23.0 Å². The van der Waals surface area contributed by atoms with E-state index in [1.807, 2.05) is 55.1 Å². The maximum atomic E-state index is 8.11. The van der Waals surface area contributed by atoms with Gasteiger partial charge in [-0.15, -0.1) is 10.2 Å². The second-order valence-electron chi connectivity index (χ2n) is 8.35. The Hall–Kier alpha value is -3.74. The van der Waals surface area contributed by atoms with Gasteiger partial charge in [-0.25, -0.2) is 9.97 Å². The lowest BCUT2D eigenvalue weighted by Crippen LogP contribution is -2.07. The van der Waals surface area contributed by atoms with Crippen LogP contribution >= 0.6 is 11.9 Å². The van der Waals surface area contributed by atoms with Crippen molar-refractivity contribution in [2.24, 2.45) is 0 Å². The Bertz CT molecular complexity index is 1280. The third-order valence-electron chi connectivity index (χ3n) is 5.11. The molecule has 0 fully saturated rings. The first kappa shape index (κ1) is 28.8. The molecule has 0 amide bonds. The van der Waals surface area contributed by atoms with Crippen molar-refractivity contribution in [3.8, 4) is 28.6 Å². The second-order valence-corrected chi connectivity index (χ2v) is 9.25. The highest BCUT2D eigenvalue weighted by molar-refractivity contribution is 8.00. The van der Waals surface area contributed by atoms with Gasteiger partial charge in [0, 0.05) is 42.5 Å². The molecular formula is C26H33N7O4S. The highest BCUT2D eigenvalue weighted by Gasteiger charge is 2.22. The smallest absolute Gasteiger partial charge is 0.239 e. The van der Waals surface area contributed by atoms with E-state index in [4.69, 9.17) is 19.7 Å².